The maximum atomic E-state index is 10.8. The molecule has 0 aliphatic carbocycles. The summed E-state index contributed by atoms with van der Waals surface area (Å²) < 4.78 is 5.88. The average Bonchev–Trinajstić information content (AvgIpc) is 2.40. The van der Waals surface area contributed by atoms with Crippen molar-refractivity contribution in [2.75, 3.05) is 6.61 Å². The first-order valence-electron chi connectivity index (χ1n) is 6.65. The van der Waals surface area contributed by atoms with Crippen LogP contribution in [-0.2, 0) is 4.74 Å². The monoisotopic (exact) mass is 248 g/mol. The highest BCUT2D eigenvalue weighted by Crippen LogP contribution is 2.32. The van der Waals surface area contributed by atoms with Crippen molar-refractivity contribution in [3.8, 4) is 0 Å². The summed E-state index contributed by atoms with van der Waals surface area (Å²) >= 11 is 0. The van der Waals surface area contributed by atoms with E-state index in [2.05, 4.69) is 6.92 Å². The topological polar surface area (TPSA) is 46.5 Å². The highest BCUT2D eigenvalue weighted by Gasteiger charge is 2.22. The van der Waals surface area contributed by atoms with Gasteiger partial charge in [0.2, 0.25) is 0 Å². The lowest BCUT2D eigenvalue weighted by molar-refractivity contribution is -0.0194. The van der Waals surface area contributed by atoms with E-state index in [9.17, 15) is 4.79 Å². The van der Waals surface area contributed by atoms with E-state index in [1.807, 2.05) is 12.1 Å². The summed E-state index contributed by atoms with van der Waals surface area (Å²) in [5.74, 6) is -0.182. The van der Waals surface area contributed by atoms with Crippen LogP contribution in [0.1, 0.15) is 54.6 Å². The van der Waals surface area contributed by atoms with Gasteiger partial charge in [-0.2, -0.15) is 0 Å². The molecule has 0 amide bonds. The van der Waals surface area contributed by atoms with Crippen molar-refractivity contribution in [3.63, 3.8) is 0 Å². The molecule has 1 fully saturated rings. The largest absolute Gasteiger partial charge is 0.478 e. The molecule has 2 atom stereocenters. The summed E-state index contributed by atoms with van der Waals surface area (Å²) in [7, 11) is 0. The van der Waals surface area contributed by atoms with Gasteiger partial charge in [-0.25, -0.2) is 4.79 Å². The van der Waals surface area contributed by atoms with Gasteiger partial charge in [-0.15, -0.1) is 0 Å². The Morgan fingerprint density at radius 3 is 2.56 bits per heavy atom. The molecule has 98 valence electrons. The van der Waals surface area contributed by atoms with Crippen molar-refractivity contribution in [2.45, 2.75) is 38.7 Å². The van der Waals surface area contributed by atoms with Gasteiger partial charge < -0.3 is 9.84 Å². The number of carbonyl (C=O) groups is 1. The van der Waals surface area contributed by atoms with E-state index < -0.39 is 5.97 Å². The molecule has 1 aromatic carbocycles. The van der Waals surface area contributed by atoms with E-state index in [0.29, 0.717) is 11.5 Å². The van der Waals surface area contributed by atoms with Crippen LogP contribution in [0.4, 0.5) is 0 Å². The molecule has 2 unspecified atom stereocenters. The van der Waals surface area contributed by atoms with E-state index >= 15 is 0 Å². The third-order valence-electron chi connectivity index (χ3n) is 3.60. The Hall–Kier alpha value is -1.35. The second kappa shape index (κ2) is 6.01. The van der Waals surface area contributed by atoms with Crippen molar-refractivity contribution in [1.82, 2.24) is 0 Å². The first kappa shape index (κ1) is 13.1. The van der Waals surface area contributed by atoms with E-state index in [1.54, 1.807) is 12.1 Å². The van der Waals surface area contributed by atoms with Crippen molar-refractivity contribution in [2.24, 2.45) is 5.92 Å². The molecule has 1 heterocycles. The number of aromatic carboxylic acids is 1. The lowest BCUT2D eigenvalue weighted by Crippen LogP contribution is -2.20. The van der Waals surface area contributed by atoms with Crippen LogP contribution in [0, 0.1) is 5.92 Å². The molecular weight excluding hydrogens is 228 g/mol. The smallest absolute Gasteiger partial charge is 0.335 e. The number of benzene rings is 1. The predicted octanol–water partition coefficient (Wildman–Crippen LogP) is 3.65. The van der Waals surface area contributed by atoms with Gasteiger partial charge in [-0.3, -0.25) is 0 Å². The molecule has 1 N–H and O–H groups in total. The Morgan fingerprint density at radius 2 is 2.06 bits per heavy atom. The minimum Gasteiger partial charge on any atom is -0.478 e. The zero-order chi connectivity index (χ0) is 13.0. The molecule has 1 saturated heterocycles. The molecule has 2 rings (SSSR count). The highest BCUT2D eigenvalue weighted by molar-refractivity contribution is 5.87. The van der Waals surface area contributed by atoms with Crippen LogP contribution in [0.15, 0.2) is 24.3 Å². The highest BCUT2D eigenvalue weighted by atomic mass is 16.5. The molecule has 1 aromatic rings. The molecular formula is C15H20O3. The Labute approximate surface area is 108 Å². The third kappa shape index (κ3) is 3.10. The van der Waals surface area contributed by atoms with Crippen LogP contribution in [0.2, 0.25) is 0 Å². The van der Waals surface area contributed by atoms with Gasteiger partial charge >= 0.3 is 5.97 Å². The molecule has 0 radical (unpaired) electrons. The second-order valence-corrected chi connectivity index (χ2v) is 4.98. The van der Waals surface area contributed by atoms with Gasteiger partial charge in [0, 0.05) is 0 Å². The first-order chi connectivity index (χ1) is 8.70. The van der Waals surface area contributed by atoms with Crippen LogP contribution < -0.4 is 0 Å². The van der Waals surface area contributed by atoms with E-state index in [1.165, 1.54) is 19.3 Å². The van der Waals surface area contributed by atoms with E-state index in [0.717, 1.165) is 18.6 Å². The molecule has 1 aliphatic rings. The van der Waals surface area contributed by atoms with Gasteiger partial charge in [0.1, 0.15) is 0 Å². The van der Waals surface area contributed by atoms with Gasteiger partial charge in [-0.05, 0) is 42.9 Å². The minimum absolute atomic E-state index is 0.140. The standard InChI is InChI=1S/C15H20O3/c1-2-3-11-4-9-14(18-10-11)12-5-7-13(8-6-12)15(16)17/h5-8,11,14H,2-4,9-10H2,1H3,(H,16,17). The predicted molar refractivity (Wildman–Crippen MR) is 69.7 cm³/mol. The number of carboxylic acids is 1. The molecule has 0 saturated carbocycles. The molecule has 0 spiro atoms. The van der Waals surface area contributed by atoms with Crippen LogP contribution in [0.5, 0.6) is 0 Å². The van der Waals surface area contributed by atoms with Crippen LogP contribution in [0.25, 0.3) is 0 Å². The van der Waals surface area contributed by atoms with Gasteiger partial charge in [-0.1, -0.05) is 25.5 Å². The molecule has 18 heavy (non-hydrogen) atoms. The Bertz CT molecular complexity index is 389. The maximum Gasteiger partial charge on any atom is 0.335 e. The van der Waals surface area contributed by atoms with Crippen LogP contribution in [-0.4, -0.2) is 17.7 Å². The van der Waals surface area contributed by atoms with Crippen LogP contribution in [0.3, 0.4) is 0 Å². The van der Waals surface area contributed by atoms with Crippen molar-refractivity contribution in [1.29, 1.82) is 0 Å². The second-order valence-electron chi connectivity index (χ2n) is 4.98. The third-order valence-corrected chi connectivity index (χ3v) is 3.60. The quantitative estimate of drug-likeness (QED) is 0.884. The summed E-state index contributed by atoms with van der Waals surface area (Å²) in [6, 6.07) is 7.04. The van der Waals surface area contributed by atoms with Crippen LogP contribution >= 0.6 is 0 Å². The van der Waals surface area contributed by atoms with Crippen molar-refractivity contribution >= 4 is 5.97 Å². The Morgan fingerprint density at radius 1 is 1.33 bits per heavy atom. The zero-order valence-corrected chi connectivity index (χ0v) is 10.8. The maximum absolute atomic E-state index is 10.8. The average molecular weight is 248 g/mol. The Kier molecular flexibility index (Phi) is 4.37. The number of rotatable bonds is 4. The molecule has 1 aliphatic heterocycles. The van der Waals surface area contributed by atoms with Crippen molar-refractivity contribution < 1.29 is 14.6 Å². The fraction of sp³-hybridized carbons (Fsp3) is 0.533. The molecule has 3 heteroatoms. The lowest BCUT2D eigenvalue weighted by atomic mass is 9.91. The summed E-state index contributed by atoms with van der Waals surface area (Å²) in [6.07, 6.45) is 4.84. The minimum atomic E-state index is -0.880. The van der Waals surface area contributed by atoms with Gasteiger partial charge in [0.25, 0.3) is 0 Å². The fourth-order valence-electron chi connectivity index (χ4n) is 2.55. The molecule has 3 nitrogen and oxygen atoms in total. The normalized spacial score (nSPS) is 23.8. The van der Waals surface area contributed by atoms with E-state index in [-0.39, 0.29) is 6.10 Å². The fourth-order valence-corrected chi connectivity index (χ4v) is 2.55. The summed E-state index contributed by atoms with van der Waals surface area (Å²) in [5, 5.41) is 8.85. The van der Waals surface area contributed by atoms with Gasteiger partial charge in [0.05, 0.1) is 18.3 Å². The zero-order valence-electron chi connectivity index (χ0n) is 10.8. The lowest BCUT2D eigenvalue weighted by Gasteiger charge is -2.29. The SMILES string of the molecule is CCCC1CCC(c2ccc(C(=O)O)cc2)OC1. The van der Waals surface area contributed by atoms with Crippen molar-refractivity contribution in [3.05, 3.63) is 35.4 Å². The van der Waals surface area contributed by atoms with Gasteiger partial charge in [0.15, 0.2) is 0 Å². The van der Waals surface area contributed by atoms with E-state index in [4.69, 9.17) is 9.84 Å². The molecule has 0 bridgehead atoms. The Balaban J connectivity index is 1.95. The summed E-state index contributed by atoms with van der Waals surface area (Å²) in [6.45, 7) is 3.04. The molecule has 0 aromatic heterocycles. The summed E-state index contributed by atoms with van der Waals surface area (Å²) in [5.41, 5.74) is 1.42. The first-order valence-corrected chi connectivity index (χ1v) is 6.65. The number of carboxylic acid groups (broad SMARTS) is 1. The number of hydrogen-bond donors (Lipinski definition) is 1. The summed E-state index contributed by atoms with van der Waals surface area (Å²) in [4.78, 5) is 10.8. The number of ether oxygens (including phenoxy) is 1. The number of hydrogen-bond acceptors (Lipinski definition) is 2.